The van der Waals surface area contributed by atoms with Crippen molar-refractivity contribution in [1.82, 2.24) is 4.57 Å². The minimum absolute atomic E-state index is 0.0621. The van der Waals surface area contributed by atoms with Gasteiger partial charge in [0.1, 0.15) is 5.75 Å². The van der Waals surface area contributed by atoms with Gasteiger partial charge in [-0.2, -0.15) is 0 Å². The number of rotatable bonds is 3. The van der Waals surface area contributed by atoms with E-state index in [1.165, 1.54) is 11.3 Å². The summed E-state index contributed by atoms with van der Waals surface area (Å²) < 4.78 is 8.14. The van der Waals surface area contributed by atoms with Crippen molar-refractivity contribution in [2.24, 2.45) is 0 Å². The standard InChI is InChI=1S/C15H13NO2S/c1-18-13-8-4-2-6-11(13)10-16-12-7-3-5-9-14(12)19-15(16)17/h2-9H,10H2,1H3. The first-order valence-electron chi connectivity index (χ1n) is 6.00. The van der Waals surface area contributed by atoms with Crippen LogP contribution in [0.25, 0.3) is 10.2 Å². The summed E-state index contributed by atoms with van der Waals surface area (Å²) >= 11 is 1.28. The average Bonchev–Trinajstić information content (AvgIpc) is 2.76. The van der Waals surface area contributed by atoms with Gasteiger partial charge < -0.3 is 4.74 Å². The number of benzene rings is 2. The van der Waals surface area contributed by atoms with Crippen LogP contribution in [0, 0.1) is 0 Å². The van der Waals surface area contributed by atoms with E-state index in [9.17, 15) is 4.79 Å². The van der Waals surface area contributed by atoms with E-state index in [-0.39, 0.29) is 4.87 Å². The van der Waals surface area contributed by atoms with Gasteiger partial charge >= 0.3 is 4.87 Å². The van der Waals surface area contributed by atoms with Crippen LogP contribution in [0.3, 0.4) is 0 Å². The second kappa shape index (κ2) is 4.90. The van der Waals surface area contributed by atoms with Gasteiger partial charge in [0.15, 0.2) is 0 Å². The molecular weight excluding hydrogens is 258 g/mol. The molecule has 0 N–H and O–H groups in total. The third kappa shape index (κ3) is 2.15. The van der Waals surface area contributed by atoms with Crippen LogP contribution in [-0.4, -0.2) is 11.7 Å². The number of fused-ring (bicyclic) bond motifs is 1. The van der Waals surface area contributed by atoms with Crippen LogP contribution < -0.4 is 9.61 Å². The van der Waals surface area contributed by atoms with Crippen LogP contribution in [0.1, 0.15) is 5.56 Å². The molecule has 1 aromatic heterocycles. The molecule has 3 rings (SSSR count). The molecule has 1 heterocycles. The topological polar surface area (TPSA) is 31.2 Å². The highest BCUT2D eigenvalue weighted by Gasteiger charge is 2.09. The Morgan fingerprint density at radius 1 is 1.11 bits per heavy atom. The zero-order chi connectivity index (χ0) is 13.2. The molecule has 4 heteroatoms. The van der Waals surface area contributed by atoms with Crippen molar-refractivity contribution in [2.45, 2.75) is 6.54 Å². The molecule has 0 spiro atoms. The number of ether oxygens (including phenoxy) is 1. The Balaban J connectivity index is 2.11. The lowest BCUT2D eigenvalue weighted by atomic mass is 10.2. The van der Waals surface area contributed by atoms with Gasteiger partial charge in [0, 0.05) is 5.56 Å². The van der Waals surface area contributed by atoms with Crippen LogP contribution in [0.5, 0.6) is 5.75 Å². The minimum atomic E-state index is 0.0621. The van der Waals surface area contributed by atoms with Gasteiger partial charge in [-0.15, -0.1) is 0 Å². The van der Waals surface area contributed by atoms with Crippen LogP contribution >= 0.6 is 11.3 Å². The Hall–Kier alpha value is -2.07. The normalized spacial score (nSPS) is 10.8. The van der Waals surface area contributed by atoms with E-state index in [0.29, 0.717) is 6.54 Å². The summed E-state index contributed by atoms with van der Waals surface area (Å²) in [5.41, 5.74) is 1.99. The highest BCUT2D eigenvalue weighted by Crippen LogP contribution is 2.22. The summed E-state index contributed by atoms with van der Waals surface area (Å²) in [6.07, 6.45) is 0. The number of aromatic nitrogens is 1. The Morgan fingerprint density at radius 2 is 1.84 bits per heavy atom. The summed E-state index contributed by atoms with van der Waals surface area (Å²) in [4.78, 5) is 12.1. The van der Waals surface area contributed by atoms with Crippen molar-refractivity contribution in [3.63, 3.8) is 0 Å². The lowest BCUT2D eigenvalue weighted by Gasteiger charge is -2.09. The molecule has 3 aromatic rings. The van der Waals surface area contributed by atoms with Gasteiger partial charge in [0.25, 0.3) is 0 Å². The second-order valence-corrected chi connectivity index (χ2v) is 5.23. The first kappa shape index (κ1) is 12.0. The Morgan fingerprint density at radius 3 is 2.68 bits per heavy atom. The van der Waals surface area contributed by atoms with Crippen molar-refractivity contribution in [3.05, 3.63) is 63.8 Å². The van der Waals surface area contributed by atoms with Crippen molar-refractivity contribution in [3.8, 4) is 5.75 Å². The highest BCUT2D eigenvalue weighted by molar-refractivity contribution is 7.16. The van der Waals surface area contributed by atoms with Crippen LogP contribution in [0.4, 0.5) is 0 Å². The summed E-state index contributed by atoms with van der Waals surface area (Å²) in [5, 5.41) is 0. The van der Waals surface area contributed by atoms with Crippen LogP contribution in [-0.2, 0) is 6.54 Å². The summed E-state index contributed by atoms with van der Waals surface area (Å²) in [5.74, 6) is 0.810. The van der Waals surface area contributed by atoms with Crippen molar-refractivity contribution in [2.75, 3.05) is 7.11 Å². The van der Waals surface area contributed by atoms with Crippen LogP contribution in [0.2, 0.25) is 0 Å². The highest BCUT2D eigenvalue weighted by atomic mass is 32.1. The smallest absolute Gasteiger partial charge is 0.308 e. The second-order valence-electron chi connectivity index (χ2n) is 4.23. The van der Waals surface area contributed by atoms with Crippen molar-refractivity contribution < 1.29 is 4.74 Å². The van der Waals surface area contributed by atoms with E-state index in [4.69, 9.17) is 4.74 Å². The molecule has 0 aliphatic carbocycles. The van der Waals surface area contributed by atoms with Crippen molar-refractivity contribution >= 4 is 21.6 Å². The number of hydrogen-bond donors (Lipinski definition) is 0. The fourth-order valence-electron chi connectivity index (χ4n) is 2.17. The van der Waals surface area contributed by atoms with E-state index in [1.807, 2.05) is 48.5 Å². The van der Waals surface area contributed by atoms with Gasteiger partial charge in [0.05, 0.1) is 23.9 Å². The largest absolute Gasteiger partial charge is 0.496 e. The molecular formula is C15H13NO2S. The van der Waals surface area contributed by atoms with Crippen molar-refractivity contribution in [1.29, 1.82) is 0 Å². The maximum Gasteiger partial charge on any atom is 0.308 e. The Labute approximate surface area is 114 Å². The van der Waals surface area contributed by atoms with Gasteiger partial charge in [-0.3, -0.25) is 9.36 Å². The summed E-state index contributed by atoms with van der Waals surface area (Å²) in [6.45, 7) is 0.535. The Bertz CT molecular complexity index is 773. The maximum absolute atomic E-state index is 12.1. The van der Waals surface area contributed by atoms with Crippen LogP contribution in [0.15, 0.2) is 53.3 Å². The summed E-state index contributed by atoms with van der Waals surface area (Å²) in [7, 11) is 1.65. The lowest BCUT2D eigenvalue weighted by Crippen LogP contribution is -2.14. The zero-order valence-electron chi connectivity index (χ0n) is 10.5. The monoisotopic (exact) mass is 271 g/mol. The number of hydrogen-bond acceptors (Lipinski definition) is 3. The van der Waals surface area contributed by atoms with E-state index >= 15 is 0 Å². The molecule has 0 unspecified atom stereocenters. The van der Waals surface area contributed by atoms with E-state index in [1.54, 1.807) is 11.7 Å². The SMILES string of the molecule is COc1ccccc1Cn1c(=O)sc2ccccc21. The quantitative estimate of drug-likeness (QED) is 0.733. The molecule has 19 heavy (non-hydrogen) atoms. The molecule has 0 radical (unpaired) electrons. The molecule has 2 aromatic carbocycles. The van der Waals surface area contributed by atoms with Gasteiger partial charge in [0.2, 0.25) is 0 Å². The molecule has 0 saturated heterocycles. The third-order valence-corrected chi connectivity index (χ3v) is 4.05. The predicted octanol–water partition coefficient (Wildman–Crippen LogP) is 3.12. The molecule has 0 aliphatic rings. The van der Waals surface area contributed by atoms with E-state index in [2.05, 4.69) is 0 Å². The minimum Gasteiger partial charge on any atom is -0.496 e. The number of para-hydroxylation sites is 2. The Kier molecular flexibility index (Phi) is 3.09. The molecule has 0 fully saturated rings. The van der Waals surface area contributed by atoms with Gasteiger partial charge in [-0.25, -0.2) is 0 Å². The number of thiazole rings is 1. The molecule has 0 atom stereocenters. The molecule has 0 amide bonds. The lowest BCUT2D eigenvalue weighted by molar-refractivity contribution is 0.408. The zero-order valence-corrected chi connectivity index (χ0v) is 11.3. The summed E-state index contributed by atoms with van der Waals surface area (Å²) in [6, 6.07) is 15.6. The first-order valence-corrected chi connectivity index (χ1v) is 6.81. The molecule has 96 valence electrons. The third-order valence-electron chi connectivity index (χ3n) is 3.09. The van der Waals surface area contributed by atoms with Gasteiger partial charge in [-0.1, -0.05) is 41.7 Å². The number of nitrogens with zero attached hydrogens (tertiary/aromatic N) is 1. The fraction of sp³-hybridized carbons (Fsp3) is 0.133. The van der Waals surface area contributed by atoms with Gasteiger partial charge in [-0.05, 0) is 18.2 Å². The average molecular weight is 271 g/mol. The predicted molar refractivity (Wildman–Crippen MR) is 78.2 cm³/mol. The molecule has 0 saturated carbocycles. The maximum atomic E-state index is 12.1. The first-order chi connectivity index (χ1) is 9.29. The molecule has 3 nitrogen and oxygen atoms in total. The fourth-order valence-corrected chi connectivity index (χ4v) is 3.06. The molecule has 0 aliphatic heterocycles. The molecule has 0 bridgehead atoms. The number of methoxy groups -OCH3 is 1. The van der Waals surface area contributed by atoms with E-state index in [0.717, 1.165) is 21.5 Å². The van der Waals surface area contributed by atoms with E-state index < -0.39 is 0 Å².